The lowest BCUT2D eigenvalue weighted by molar-refractivity contribution is -0.141. The molecule has 116 valence electrons. The van der Waals surface area contributed by atoms with Gasteiger partial charge in [0.15, 0.2) is 0 Å². The average molecular weight is 294 g/mol. The van der Waals surface area contributed by atoms with Gasteiger partial charge in [0.25, 0.3) is 5.91 Å². The van der Waals surface area contributed by atoms with E-state index in [-0.39, 0.29) is 30.3 Å². The molecule has 0 aromatic heterocycles. The zero-order chi connectivity index (χ0) is 15.0. The van der Waals surface area contributed by atoms with Crippen LogP contribution in [0.4, 0.5) is 4.79 Å². The van der Waals surface area contributed by atoms with E-state index >= 15 is 0 Å². The van der Waals surface area contributed by atoms with Crippen LogP contribution in [0.5, 0.6) is 0 Å². The molecule has 0 aromatic carbocycles. The third-order valence-corrected chi connectivity index (χ3v) is 4.96. The molecule has 3 aliphatic rings. The van der Waals surface area contributed by atoms with Crippen LogP contribution >= 0.6 is 0 Å². The summed E-state index contributed by atoms with van der Waals surface area (Å²) in [4.78, 5) is 37.8. The van der Waals surface area contributed by atoms with Gasteiger partial charge in [-0.05, 0) is 25.7 Å². The first-order valence-corrected chi connectivity index (χ1v) is 7.70. The molecule has 4 N–H and O–H groups in total. The number of nitrogens with two attached hydrogens (primary N) is 1. The van der Waals surface area contributed by atoms with Gasteiger partial charge in [0.05, 0.1) is 12.5 Å². The molecule has 3 rings (SSSR count). The molecule has 2 aliphatic heterocycles. The number of nitrogens with one attached hydrogen (secondary N) is 2. The van der Waals surface area contributed by atoms with Crippen molar-refractivity contribution < 1.29 is 14.4 Å². The van der Waals surface area contributed by atoms with Crippen LogP contribution in [0.1, 0.15) is 38.5 Å². The summed E-state index contributed by atoms with van der Waals surface area (Å²) in [7, 11) is 0. The third-order valence-electron chi connectivity index (χ3n) is 4.96. The maximum atomic E-state index is 12.7. The van der Waals surface area contributed by atoms with Crippen molar-refractivity contribution in [3.05, 3.63) is 0 Å². The first-order chi connectivity index (χ1) is 10.0. The van der Waals surface area contributed by atoms with Gasteiger partial charge in [-0.15, -0.1) is 0 Å². The number of piperidine rings is 1. The lowest BCUT2D eigenvalue weighted by Gasteiger charge is -2.41. The quantitative estimate of drug-likeness (QED) is 0.578. The van der Waals surface area contributed by atoms with Crippen molar-refractivity contribution in [1.29, 1.82) is 0 Å². The van der Waals surface area contributed by atoms with Crippen LogP contribution in [0, 0.1) is 5.92 Å². The Morgan fingerprint density at radius 1 is 1.24 bits per heavy atom. The third kappa shape index (κ3) is 2.50. The summed E-state index contributed by atoms with van der Waals surface area (Å²) in [5.74, 6) is -0.428. The summed E-state index contributed by atoms with van der Waals surface area (Å²) in [6.45, 7) is 0.888. The fourth-order valence-electron chi connectivity index (χ4n) is 3.76. The number of likely N-dealkylation sites (tertiary alicyclic amines) is 1. The van der Waals surface area contributed by atoms with E-state index < -0.39 is 11.6 Å². The van der Waals surface area contributed by atoms with E-state index in [1.165, 1.54) is 0 Å². The maximum absolute atomic E-state index is 12.7. The van der Waals surface area contributed by atoms with E-state index in [2.05, 4.69) is 10.6 Å². The summed E-state index contributed by atoms with van der Waals surface area (Å²) < 4.78 is 0. The van der Waals surface area contributed by atoms with Gasteiger partial charge in [-0.1, -0.05) is 12.8 Å². The Labute approximate surface area is 123 Å². The van der Waals surface area contributed by atoms with E-state index in [0.717, 1.165) is 25.7 Å². The minimum Gasteiger partial charge on any atom is -0.340 e. The number of carbonyl (C=O) groups excluding carboxylic acids is 3. The SMILES string of the molecule is NC1CCCCC1C(=O)N1CCCC2(C1)NC(=O)NC2=O. The minimum atomic E-state index is -0.941. The molecule has 3 atom stereocenters. The molecule has 3 fully saturated rings. The van der Waals surface area contributed by atoms with Crippen LogP contribution in [0.15, 0.2) is 0 Å². The molecule has 7 nitrogen and oxygen atoms in total. The highest BCUT2D eigenvalue weighted by Crippen LogP contribution is 2.29. The Balaban J connectivity index is 1.72. The van der Waals surface area contributed by atoms with Crippen molar-refractivity contribution in [3.8, 4) is 0 Å². The number of urea groups is 1. The second-order valence-electron chi connectivity index (χ2n) is 6.41. The van der Waals surface area contributed by atoms with Crippen molar-refractivity contribution in [3.63, 3.8) is 0 Å². The predicted octanol–water partition coefficient (Wildman–Crippen LogP) is -0.295. The fourth-order valence-corrected chi connectivity index (χ4v) is 3.76. The number of nitrogens with zero attached hydrogens (tertiary/aromatic N) is 1. The van der Waals surface area contributed by atoms with Crippen molar-refractivity contribution >= 4 is 17.8 Å². The molecule has 1 aliphatic carbocycles. The van der Waals surface area contributed by atoms with Crippen LogP contribution in [0.25, 0.3) is 0 Å². The van der Waals surface area contributed by atoms with Gasteiger partial charge in [0, 0.05) is 12.6 Å². The van der Waals surface area contributed by atoms with E-state index in [4.69, 9.17) is 5.73 Å². The van der Waals surface area contributed by atoms with Crippen LogP contribution in [-0.2, 0) is 9.59 Å². The molecule has 2 heterocycles. The highest BCUT2D eigenvalue weighted by Gasteiger charge is 2.50. The van der Waals surface area contributed by atoms with Crippen molar-refractivity contribution in [2.75, 3.05) is 13.1 Å². The first kappa shape index (κ1) is 14.3. The smallest absolute Gasteiger partial charge is 0.322 e. The molecule has 4 amide bonds. The number of rotatable bonds is 1. The van der Waals surface area contributed by atoms with Crippen LogP contribution in [0.2, 0.25) is 0 Å². The fraction of sp³-hybridized carbons (Fsp3) is 0.786. The second-order valence-corrected chi connectivity index (χ2v) is 6.41. The van der Waals surface area contributed by atoms with Gasteiger partial charge in [-0.3, -0.25) is 14.9 Å². The average Bonchev–Trinajstić information content (AvgIpc) is 2.72. The predicted molar refractivity (Wildman–Crippen MR) is 75.2 cm³/mol. The van der Waals surface area contributed by atoms with Crippen LogP contribution < -0.4 is 16.4 Å². The molecule has 1 spiro atoms. The van der Waals surface area contributed by atoms with Crippen LogP contribution in [0.3, 0.4) is 0 Å². The highest BCUT2D eigenvalue weighted by atomic mass is 16.2. The number of hydrogen-bond acceptors (Lipinski definition) is 4. The molecule has 21 heavy (non-hydrogen) atoms. The maximum Gasteiger partial charge on any atom is 0.322 e. The number of imide groups is 1. The van der Waals surface area contributed by atoms with Gasteiger partial charge >= 0.3 is 6.03 Å². The Kier molecular flexibility index (Phi) is 3.61. The summed E-state index contributed by atoms with van der Waals surface area (Å²) in [6, 6.07) is -0.556. The van der Waals surface area contributed by atoms with Gasteiger partial charge in [-0.2, -0.15) is 0 Å². The summed E-state index contributed by atoms with van der Waals surface area (Å²) in [5.41, 5.74) is 5.14. The number of carbonyl (C=O) groups is 3. The Morgan fingerprint density at radius 3 is 2.67 bits per heavy atom. The molecule has 2 saturated heterocycles. The summed E-state index contributed by atoms with van der Waals surface area (Å²) in [5, 5.41) is 4.97. The summed E-state index contributed by atoms with van der Waals surface area (Å²) in [6.07, 6.45) is 5.09. The van der Waals surface area contributed by atoms with Crippen LogP contribution in [-0.4, -0.2) is 47.4 Å². The lowest BCUT2D eigenvalue weighted by atomic mass is 9.82. The highest BCUT2D eigenvalue weighted by molar-refractivity contribution is 6.07. The van der Waals surface area contributed by atoms with Gasteiger partial charge < -0.3 is 16.0 Å². The van der Waals surface area contributed by atoms with Gasteiger partial charge in [-0.25, -0.2) is 4.79 Å². The monoisotopic (exact) mass is 294 g/mol. The molecule has 0 aromatic rings. The molecule has 0 radical (unpaired) electrons. The molecular weight excluding hydrogens is 272 g/mol. The Bertz CT molecular complexity index is 481. The van der Waals surface area contributed by atoms with E-state index in [0.29, 0.717) is 19.4 Å². The van der Waals surface area contributed by atoms with E-state index in [9.17, 15) is 14.4 Å². The topological polar surface area (TPSA) is 105 Å². The lowest BCUT2D eigenvalue weighted by Crippen LogP contribution is -2.61. The molecule has 1 saturated carbocycles. The minimum absolute atomic E-state index is 0.0372. The Hall–Kier alpha value is -1.63. The normalized spacial score (nSPS) is 36.5. The van der Waals surface area contributed by atoms with Crippen molar-refractivity contribution in [2.45, 2.75) is 50.1 Å². The standard InChI is InChI=1S/C14H22N4O3/c15-10-5-2-1-4-9(10)11(19)18-7-3-6-14(8-18)12(20)16-13(21)17-14/h9-10H,1-8,15H2,(H2,16,17,20,21). The van der Waals surface area contributed by atoms with E-state index in [1.54, 1.807) is 4.90 Å². The Morgan fingerprint density at radius 2 is 2.00 bits per heavy atom. The zero-order valence-electron chi connectivity index (χ0n) is 12.1. The second kappa shape index (κ2) is 5.29. The molecular formula is C14H22N4O3. The van der Waals surface area contributed by atoms with Gasteiger partial charge in [0.2, 0.25) is 5.91 Å². The van der Waals surface area contributed by atoms with E-state index in [1.807, 2.05) is 0 Å². The summed E-state index contributed by atoms with van der Waals surface area (Å²) >= 11 is 0. The van der Waals surface area contributed by atoms with Crippen molar-refractivity contribution in [1.82, 2.24) is 15.5 Å². The van der Waals surface area contributed by atoms with Gasteiger partial charge in [0.1, 0.15) is 5.54 Å². The number of hydrogen-bond donors (Lipinski definition) is 3. The molecule has 0 bridgehead atoms. The largest absolute Gasteiger partial charge is 0.340 e. The molecule has 7 heteroatoms. The zero-order valence-corrected chi connectivity index (χ0v) is 12.1. The van der Waals surface area contributed by atoms with Crippen molar-refractivity contribution in [2.24, 2.45) is 11.7 Å². The molecule has 3 unspecified atom stereocenters. The number of amides is 4. The first-order valence-electron chi connectivity index (χ1n) is 7.70.